The zero-order valence-electron chi connectivity index (χ0n) is 12.5. The Labute approximate surface area is 125 Å². The van der Waals surface area contributed by atoms with E-state index in [4.69, 9.17) is 4.74 Å². The Morgan fingerprint density at radius 2 is 1.90 bits per heavy atom. The largest absolute Gasteiger partial charge is 0.374 e. The summed E-state index contributed by atoms with van der Waals surface area (Å²) in [7, 11) is 0. The number of hydrogen-bond acceptors (Lipinski definition) is 4. The molecule has 0 amide bonds. The highest BCUT2D eigenvalue weighted by atomic mass is 16.5. The normalized spacial score (nSPS) is 15.7. The van der Waals surface area contributed by atoms with E-state index in [0.29, 0.717) is 6.04 Å². The van der Waals surface area contributed by atoms with E-state index in [0.717, 1.165) is 23.7 Å². The Morgan fingerprint density at radius 3 is 2.48 bits per heavy atom. The number of aromatic nitrogens is 2. The van der Waals surface area contributed by atoms with Gasteiger partial charge in [0.25, 0.3) is 0 Å². The summed E-state index contributed by atoms with van der Waals surface area (Å²) in [5.41, 5.74) is 3.15. The van der Waals surface area contributed by atoms with E-state index in [1.807, 2.05) is 19.1 Å². The fourth-order valence-corrected chi connectivity index (χ4v) is 2.27. The first-order valence-corrected chi connectivity index (χ1v) is 7.58. The second kappa shape index (κ2) is 6.22. The van der Waals surface area contributed by atoms with Crippen LogP contribution in [0.1, 0.15) is 38.4 Å². The van der Waals surface area contributed by atoms with Crippen LogP contribution < -0.4 is 5.32 Å². The van der Waals surface area contributed by atoms with Crippen molar-refractivity contribution in [3.63, 3.8) is 0 Å². The Hall–Kier alpha value is -1.94. The highest BCUT2D eigenvalue weighted by Crippen LogP contribution is 2.25. The number of ether oxygens (including phenoxy) is 1. The maximum atomic E-state index is 5.60. The van der Waals surface area contributed by atoms with Gasteiger partial charge in [-0.1, -0.05) is 24.3 Å². The second-order valence-electron chi connectivity index (χ2n) is 5.44. The van der Waals surface area contributed by atoms with E-state index in [9.17, 15) is 0 Å². The summed E-state index contributed by atoms with van der Waals surface area (Å²) in [6.07, 6.45) is 2.60. The Kier molecular flexibility index (Phi) is 4.15. The van der Waals surface area contributed by atoms with Gasteiger partial charge in [0.05, 0.1) is 11.8 Å². The Bertz CT molecular complexity index is 576. The highest BCUT2D eigenvalue weighted by Gasteiger charge is 2.21. The number of rotatable bonds is 6. The molecule has 4 heteroatoms. The van der Waals surface area contributed by atoms with Crippen molar-refractivity contribution in [2.24, 2.45) is 0 Å². The van der Waals surface area contributed by atoms with E-state index in [2.05, 4.69) is 46.7 Å². The van der Waals surface area contributed by atoms with Crippen LogP contribution in [0.15, 0.2) is 36.4 Å². The number of anilines is 1. The number of hydrogen-bond donors (Lipinski definition) is 1. The van der Waals surface area contributed by atoms with Gasteiger partial charge in [-0.15, -0.1) is 10.2 Å². The van der Waals surface area contributed by atoms with Gasteiger partial charge in [0.1, 0.15) is 5.82 Å². The lowest BCUT2D eigenvalue weighted by Gasteiger charge is -2.12. The molecule has 0 saturated heterocycles. The predicted molar refractivity (Wildman–Crippen MR) is 84.2 cm³/mol. The lowest BCUT2D eigenvalue weighted by Crippen LogP contribution is -2.04. The van der Waals surface area contributed by atoms with Gasteiger partial charge in [-0.2, -0.15) is 0 Å². The lowest BCUT2D eigenvalue weighted by atomic mass is 10.1. The number of nitrogens with zero attached hydrogens (tertiary/aromatic N) is 2. The lowest BCUT2D eigenvalue weighted by molar-refractivity contribution is 0.0764. The average Bonchev–Trinajstić information content (AvgIpc) is 3.32. The molecule has 0 aliphatic heterocycles. The fourth-order valence-electron chi connectivity index (χ4n) is 2.27. The topological polar surface area (TPSA) is 47.0 Å². The first-order chi connectivity index (χ1) is 10.3. The molecule has 1 N–H and O–H groups in total. The molecule has 0 radical (unpaired) electrons. The minimum atomic E-state index is 0.125. The van der Waals surface area contributed by atoms with E-state index < -0.39 is 0 Å². The van der Waals surface area contributed by atoms with E-state index in [1.54, 1.807) is 0 Å². The van der Waals surface area contributed by atoms with Crippen LogP contribution in [-0.2, 0) is 4.74 Å². The zero-order chi connectivity index (χ0) is 14.7. The van der Waals surface area contributed by atoms with Crippen molar-refractivity contribution in [3.8, 4) is 11.3 Å². The predicted octanol–water partition coefficient (Wildman–Crippen LogP) is 3.82. The van der Waals surface area contributed by atoms with Gasteiger partial charge >= 0.3 is 0 Å². The zero-order valence-corrected chi connectivity index (χ0v) is 12.5. The maximum absolute atomic E-state index is 5.60. The van der Waals surface area contributed by atoms with Crippen LogP contribution in [-0.4, -0.2) is 22.8 Å². The molecule has 1 aromatic heterocycles. The van der Waals surface area contributed by atoms with Crippen molar-refractivity contribution >= 4 is 5.82 Å². The molecule has 3 rings (SSSR count). The van der Waals surface area contributed by atoms with Crippen LogP contribution >= 0.6 is 0 Å². The molecule has 1 heterocycles. The minimum Gasteiger partial charge on any atom is -0.374 e. The molecule has 1 aliphatic rings. The molecule has 4 nitrogen and oxygen atoms in total. The minimum absolute atomic E-state index is 0.125. The Balaban J connectivity index is 1.70. The van der Waals surface area contributed by atoms with E-state index in [1.165, 1.54) is 18.4 Å². The summed E-state index contributed by atoms with van der Waals surface area (Å²) in [6, 6.07) is 12.9. The van der Waals surface area contributed by atoms with Crippen molar-refractivity contribution in [2.75, 3.05) is 11.9 Å². The third-order valence-corrected chi connectivity index (χ3v) is 3.69. The van der Waals surface area contributed by atoms with Crippen LogP contribution in [0.25, 0.3) is 11.3 Å². The first kappa shape index (κ1) is 14.0. The van der Waals surface area contributed by atoms with Crippen molar-refractivity contribution in [3.05, 3.63) is 42.0 Å². The van der Waals surface area contributed by atoms with Gasteiger partial charge in [0.15, 0.2) is 0 Å². The third kappa shape index (κ3) is 3.58. The van der Waals surface area contributed by atoms with E-state index >= 15 is 0 Å². The van der Waals surface area contributed by atoms with E-state index in [-0.39, 0.29) is 6.10 Å². The smallest absolute Gasteiger partial charge is 0.148 e. The highest BCUT2D eigenvalue weighted by molar-refractivity contribution is 5.60. The van der Waals surface area contributed by atoms with Crippen LogP contribution in [0.2, 0.25) is 0 Å². The van der Waals surface area contributed by atoms with Crippen molar-refractivity contribution < 1.29 is 4.74 Å². The molecule has 1 saturated carbocycles. The van der Waals surface area contributed by atoms with Gasteiger partial charge in [-0.25, -0.2) is 0 Å². The van der Waals surface area contributed by atoms with Crippen LogP contribution in [0, 0.1) is 0 Å². The summed E-state index contributed by atoms with van der Waals surface area (Å²) in [4.78, 5) is 0. The summed E-state index contributed by atoms with van der Waals surface area (Å²) in [6.45, 7) is 4.80. The van der Waals surface area contributed by atoms with Gasteiger partial charge in [0.2, 0.25) is 0 Å². The molecule has 1 aliphatic carbocycles. The van der Waals surface area contributed by atoms with Crippen molar-refractivity contribution in [1.82, 2.24) is 10.2 Å². The Morgan fingerprint density at radius 1 is 1.14 bits per heavy atom. The maximum Gasteiger partial charge on any atom is 0.148 e. The fraction of sp³-hybridized carbons (Fsp3) is 0.412. The summed E-state index contributed by atoms with van der Waals surface area (Å²) in [5.74, 6) is 0.864. The first-order valence-electron chi connectivity index (χ1n) is 7.58. The number of nitrogens with one attached hydrogen (secondary N) is 1. The summed E-state index contributed by atoms with van der Waals surface area (Å²) in [5, 5.41) is 11.9. The van der Waals surface area contributed by atoms with Crippen LogP contribution in [0.5, 0.6) is 0 Å². The molecule has 1 aromatic carbocycles. The molecule has 0 spiro atoms. The standard InChI is InChI=1S/C17H21N3O/c1-3-21-12(2)13-4-6-14(7-5-13)16-10-11-17(20-19-16)18-15-8-9-15/h4-7,10-12,15H,3,8-9H2,1-2H3,(H,18,20)/t12-/m0/s1. The monoisotopic (exact) mass is 283 g/mol. The van der Waals surface area contributed by atoms with Gasteiger partial charge in [0, 0.05) is 18.2 Å². The molecular formula is C17H21N3O. The molecule has 2 aromatic rings. The van der Waals surface area contributed by atoms with Crippen molar-refractivity contribution in [1.29, 1.82) is 0 Å². The SMILES string of the molecule is CCO[C@@H](C)c1ccc(-c2ccc(NC3CC3)nn2)cc1. The van der Waals surface area contributed by atoms with Gasteiger partial charge in [-0.05, 0) is 44.4 Å². The molecule has 1 fully saturated rings. The summed E-state index contributed by atoms with van der Waals surface area (Å²) < 4.78 is 5.60. The quantitative estimate of drug-likeness (QED) is 0.875. The molecule has 21 heavy (non-hydrogen) atoms. The van der Waals surface area contributed by atoms with Crippen LogP contribution in [0.3, 0.4) is 0 Å². The molecule has 110 valence electrons. The average molecular weight is 283 g/mol. The summed E-state index contributed by atoms with van der Waals surface area (Å²) >= 11 is 0. The third-order valence-electron chi connectivity index (χ3n) is 3.69. The number of benzene rings is 1. The molecule has 0 bridgehead atoms. The molecule has 0 unspecified atom stereocenters. The van der Waals surface area contributed by atoms with Gasteiger partial charge in [-0.3, -0.25) is 0 Å². The molecular weight excluding hydrogens is 262 g/mol. The van der Waals surface area contributed by atoms with Crippen LogP contribution in [0.4, 0.5) is 5.82 Å². The second-order valence-corrected chi connectivity index (χ2v) is 5.44. The van der Waals surface area contributed by atoms with Crippen molar-refractivity contribution in [2.45, 2.75) is 38.8 Å². The molecule has 1 atom stereocenters. The van der Waals surface area contributed by atoms with Gasteiger partial charge < -0.3 is 10.1 Å².